The molecule has 1 aliphatic rings. The topological polar surface area (TPSA) is 105 Å². The molecule has 1 fully saturated rings. The van der Waals surface area contributed by atoms with Crippen molar-refractivity contribution in [1.82, 2.24) is 26.1 Å². The van der Waals surface area contributed by atoms with E-state index in [4.69, 9.17) is 57.5 Å². The second kappa shape index (κ2) is 10.3. The Labute approximate surface area is 171 Å². The fraction of sp³-hybridized carbons (Fsp3) is 0.500. The number of carbonyl (C=O) groups is 1. The van der Waals surface area contributed by atoms with Crippen molar-refractivity contribution in [2.24, 2.45) is 0 Å². The number of aromatic nitrogens is 1. The lowest BCUT2D eigenvalue weighted by atomic mass is 10.3. The zero-order valence-corrected chi connectivity index (χ0v) is 16.9. The molecule has 144 valence electrons. The summed E-state index contributed by atoms with van der Waals surface area (Å²) in [5.41, 5.74) is 10.5. The number of hydrogen-bond donors (Lipinski definition) is 4. The molecule has 1 aromatic rings. The van der Waals surface area contributed by atoms with Crippen LogP contribution in [0.15, 0.2) is 0 Å². The Balaban J connectivity index is 1.72. The Hall–Kier alpha value is -1.10. The van der Waals surface area contributed by atoms with Gasteiger partial charge in [-0.05, 0) is 25.2 Å². The highest BCUT2D eigenvalue weighted by Gasteiger charge is 2.19. The average molecular weight is 442 g/mol. The highest BCUT2D eigenvalue weighted by molar-refractivity contribution is 7.80. The predicted octanol–water partition coefficient (Wildman–Crippen LogP) is 1.46. The number of thiocarbonyl (C=S) groups is 1. The molecule has 0 aromatic carbocycles. The molecule has 5 N–H and O–H groups in total. The van der Waals surface area contributed by atoms with E-state index in [0.29, 0.717) is 6.54 Å². The van der Waals surface area contributed by atoms with Crippen molar-refractivity contribution >= 4 is 63.7 Å². The van der Waals surface area contributed by atoms with Crippen LogP contribution in [-0.2, 0) is 4.74 Å². The fourth-order valence-electron chi connectivity index (χ4n) is 2.23. The van der Waals surface area contributed by atoms with Gasteiger partial charge in [0.05, 0.1) is 23.9 Å². The van der Waals surface area contributed by atoms with Crippen LogP contribution in [-0.4, -0.2) is 60.3 Å². The first-order valence-corrected chi connectivity index (χ1v) is 9.38. The van der Waals surface area contributed by atoms with Crippen molar-refractivity contribution in [3.05, 3.63) is 20.9 Å². The average Bonchev–Trinajstić information content (AvgIpc) is 2.65. The van der Waals surface area contributed by atoms with Gasteiger partial charge < -0.3 is 15.8 Å². The monoisotopic (exact) mass is 440 g/mol. The Morgan fingerprint density at radius 3 is 2.62 bits per heavy atom. The van der Waals surface area contributed by atoms with Gasteiger partial charge in [-0.2, -0.15) is 0 Å². The first-order valence-electron chi connectivity index (χ1n) is 7.84. The van der Waals surface area contributed by atoms with E-state index in [1.54, 1.807) is 0 Å². The molecule has 2 rings (SSSR count). The summed E-state index contributed by atoms with van der Waals surface area (Å²) in [5.74, 6) is -0.641. The largest absolute Gasteiger partial charge is 0.396 e. The van der Waals surface area contributed by atoms with E-state index < -0.39 is 5.91 Å². The summed E-state index contributed by atoms with van der Waals surface area (Å²) in [4.78, 5) is 18.3. The second-order valence-corrected chi connectivity index (χ2v) is 6.96. The normalized spacial score (nSPS) is 14.7. The van der Waals surface area contributed by atoms with Gasteiger partial charge in [0.15, 0.2) is 16.0 Å². The zero-order chi connectivity index (χ0) is 19.1. The minimum atomic E-state index is -0.641. The highest BCUT2D eigenvalue weighted by atomic mass is 35.5. The van der Waals surface area contributed by atoms with Crippen molar-refractivity contribution in [3.63, 3.8) is 0 Å². The van der Waals surface area contributed by atoms with Gasteiger partial charge in [0.1, 0.15) is 5.02 Å². The molecule has 0 radical (unpaired) electrons. The van der Waals surface area contributed by atoms with Crippen LogP contribution < -0.4 is 21.9 Å². The van der Waals surface area contributed by atoms with Crippen LogP contribution in [0.25, 0.3) is 0 Å². The molecule has 0 aliphatic carbocycles. The number of nitrogens with one attached hydrogen (secondary N) is 3. The van der Waals surface area contributed by atoms with Crippen molar-refractivity contribution in [1.29, 1.82) is 0 Å². The number of carbonyl (C=O) groups excluding carboxylic acids is 1. The Bertz CT molecular complexity index is 673. The molecule has 1 amide bonds. The van der Waals surface area contributed by atoms with Gasteiger partial charge in [-0.3, -0.25) is 20.5 Å². The number of hydrogen-bond acceptors (Lipinski definition) is 6. The Morgan fingerprint density at radius 1 is 1.23 bits per heavy atom. The molecule has 1 saturated heterocycles. The van der Waals surface area contributed by atoms with E-state index in [-0.39, 0.29) is 31.7 Å². The number of nitrogens with two attached hydrogens (primary N) is 1. The van der Waals surface area contributed by atoms with Crippen LogP contribution in [0.2, 0.25) is 15.2 Å². The molecule has 0 spiro atoms. The van der Waals surface area contributed by atoms with E-state index in [0.717, 1.165) is 39.3 Å². The smallest absolute Gasteiger partial charge is 0.289 e. The number of anilines is 1. The molecule has 0 atom stereocenters. The van der Waals surface area contributed by atoms with Crippen molar-refractivity contribution < 1.29 is 9.53 Å². The van der Waals surface area contributed by atoms with Crippen LogP contribution in [0, 0.1) is 0 Å². The van der Waals surface area contributed by atoms with Gasteiger partial charge in [-0.1, -0.05) is 34.8 Å². The number of amides is 1. The lowest BCUT2D eigenvalue weighted by Crippen LogP contribution is -2.47. The quantitative estimate of drug-likeness (QED) is 0.236. The zero-order valence-electron chi connectivity index (χ0n) is 13.8. The standard InChI is InChI=1S/C14H19Cl3N6O2S/c15-8-10(18)9(16)12(17)20-11(8)13(24)21-22-14(26)19-2-1-3-23-4-6-25-7-5-23/h1-7H2,(H2,18,20)(H,21,24)(H2,19,22,26). The van der Waals surface area contributed by atoms with E-state index in [1.807, 2.05) is 0 Å². The maximum atomic E-state index is 12.1. The molecule has 2 heterocycles. The summed E-state index contributed by atoms with van der Waals surface area (Å²) in [6.07, 6.45) is 0.909. The van der Waals surface area contributed by atoms with Crippen LogP contribution in [0.1, 0.15) is 16.9 Å². The number of rotatable bonds is 5. The number of hydrazine groups is 1. The SMILES string of the molecule is Nc1c(Cl)c(Cl)nc(C(=O)NNC(=S)NCCCN2CCOCC2)c1Cl. The number of morpholine rings is 1. The molecule has 8 nitrogen and oxygen atoms in total. The van der Waals surface area contributed by atoms with Crippen LogP contribution in [0.3, 0.4) is 0 Å². The Morgan fingerprint density at radius 2 is 1.92 bits per heavy atom. The van der Waals surface area contributed by atoms with Crippen molar-refractivity contribution in [3.8, 4) is 0 Å². The van der Waals surface area contributed by atoms with E-state index >= 15 is 0 Å². The number of nitrogens with zero attached hydrogens (tertiary/aromatic N) is 2. The molecule has 0 bridgehead atoms. The molecule has 0 unspecified atom stereocenters. The number of pyridine rings is 1. The molecule has 1 aromatic heterocycles. The van der Waals surface area contributed by atoms with E-state index in [2.05, 4.69) is 26.1 Å². The lowest BCUT2D eigenvalue weighted by molar-refractivity contribution is 0.0376. The minimum Gasteiger partial charge on any atom is -0.396 e. The van der Waals surface area contributed by atoms with E-state index in [9.17, 15) is 4.79 Å². The first-order chi connectivity index (χ1) is 12.4. The molecular formula is C14H19Cl3N6O2S. The maximum absolute atomic E-state index is 12.1. The summed E-state index contributed by atoms with van der Waals surface area (Å²) in [6.45, 7) is 5.05. The third-order valence-corrected chi connectivity index (χ3v) is 5.00. The number of halogens is 3. The fourth-order valence-corrected chi connectivity index (χ4v) is 2.98. The predicted molar refractivity (Wildman–Crippen MR) is 107 cm³/mol. The molecule has 12 heteroatoms. The van der Waals surface area contributed by atoms with Crippen LogP contribution >= 0.6 is 47.0 Å². The van der Waals surface area contributed by atoms with Gasteiger partial charge in [0.25, 0.3) is 5.91 Å². The summed E-state index contributed by atoms with van der Waals surface area (Å²) in [6, 6.07) is 0. The van der Waals surface area contributed by atoms with Gasteiger partial charge in [0.2, 0.25) is 0 Å². The third kappa shape index (κ3) is 5.97. The summed E-state index contributed by atoms with van der Waals surface area (Å²) < 4.78 is 5.30. The van der Waals surface area contributed by atoms with Crippen molar-refractivity contribution in [2.75, 3.05) is 45.1 Å². The molecule has 1 aliphatic heterocycles. The van der Waals surface area contributed by atoms with Gasteiger partial charge >= 0.3 is 0 Å². The molecular weight excluding hydrogens is 423 g/mol. The number of nitrogen functional groups attached to an aromatic ring is 1. The van der Waals surface area contributed by atoms with Gasteiger partial charge in [-0.25, -0.2) is 4.98 Å². The summed E-state index contributed by atoms with van der Waals surface area (Å²) in [7, 11) is 0. The van der Waals surface area contributed by atoms with Gasteiger partial charge in [0, 0.05) is 19.6 Å². The van der Waals surface area contributed by atoms with Gasteiger partial charge in [-0.15, -0.1) is 0 Å². The highest BCUT2D eigenvalue weighted by Crippen LogP contribution is 2.34. The first kappa shape index (κ1) is 21.2. The molecule has 0 saturated carbocycles. The molecule has 26 heavy (non-hydrogen) atoms. The van der Waals surface area contributed by atoms with Crippen LogP contribution in [0.4, 0.5) is 5.69 Å². The minimum absolute atomic E-state index is 0.00127. The number of ether oxygens (including phenoxy) is 1. The second-order valence-electron chi connectivity index (χ2n) is 5.44. The lowest BCUT2D eigenvalue weighted by Gasteiger charge is -2.26. The van der Waals surface area contributed by atoms with Crippen molar-refractivity contribution in [2.45, 2.75) is 6.42 Å². The van der Waals surface area contributed by atoms with E-state index in [1.165, 1.54) is 0 Å². The summed E-state index contributed by atoms with van der Waals surface area (Å²) >= 11 is 22.7. The third-order valence-electron chi connectivity index (χ3n) is 3.62. The Kier molecular flexibility index (Phi) is 8.39. The summed E-state index contributed by atoms with van der Waals surface area (Å²) in [5, 5.41) is 3.08. The van der Waals surface area contributed by atoms with Crippen LogP contribution in [0.5, 0.6) is 0 Å². The maximum Gasteiger partial charge on any atom is 0.289 e.